The molecular formula is C13H7Cl2NO4S-2. The van der Waals surface area contributed by atoms with E-state index in [0.717, 1.165) is 6.08 Å². The molecule has 0 radical (unpaired) electrons. The average molecular weight is 344 g/mol. The average Bonchev–Trinajstić information content (AvgIpc) is 2.41. The molecular weight excluding hydrogens is 337 g/mol. The molecule has 2 rings (SSSR count). The summed E-state index contributed by atoms with van der Waals surface area (Å²) in [6.07, 6.45) is 3.61. The van der Waals surface area contributed by atoms with Crippen LogP contribution in [0.3, 0.4) is 0 Å². The highest BCUT2D eigenvalue weighted by atomic mass is 35.5. The van der Waals surface area contributed by atoms with Crippen molar-refractivity contribution < 1.29 is 18.6 Å². The van der Waals surface area contributed by atoms with Crippen LogP contribution in [0.4, 0.5) is 0 Å². The third-order valence-electron chi connectivity index (χ3n) is 2.51. The normalized spacial score (nSPS) is 17.0. The molecule has 0 unspecified atom stereocenters. The maximum Gasteiger partial charge on any atom is 0.282 e. The zero-order chi connectivity index (χ0) is 15.6. The quantitative estimate of drug-likeness (QED) is 0.751. The fourth-order valence-corrected chi connectivity index (χ4v) is 2.84. The summed E-state index contributed by atoms with van der Waals surface area (Å²) in [6, 6.07) is 5.34. The number of rotatable bonds is 2. The predicted molar refractivity (Wildman–Crippen MR) is 76.2 cm³/mol. The molecule has 110 valence electrons. The van der Waals surface area contributed by atoms with E-state index in [0.29, 0.717) is 5.02 Å². The predicted octanol–water partition coefficient (Wildman–Crippen LogP) is 1.09. The smallest absolute Gasteiger partial charge is 0.282 e. The van der Waals surface area contributed by atoms with Gasteiger partial charge in [0.05, 0.1) is 10.6 Å². The number of benzene rings is 1. The first-order chi connectivity index (χ1) is 9.79. The Morgan fingerprint density at radius 2 is 1.67 bits per heavy atom. The second kappa shape index (κ2) is 5.93. The Kier molecular flexibility index (Phi) is 4.41. The molecule has 1 aliphatic rings. The molecule has 0 saturated carbocycles. The Bertz CT molecular complexity index is 786. The van der Waals surface area contributed by atoms with Crippen molar-refractivity contribution in [2.45, 2.75) is 4.90 Å². The van der Waals surface area contributed by atoms with Gasteiger partial charge in [0.15, 0.2) is 0 Å². The second-order valence-electron chi connectivity index (χ2n) is 3.97. The van der Waals surface area contributed by atoms with E-state index in [4.69, 9.17) is 23.2 Å². The van der Waals surface area contributed by atoms with Gasteiger partial charge < -0.3 is 10.2 Å². The van der Waals surface area contributed by atoms with Crippen LogP contribution >= 0.6 is 23.2 Å². The molecule has 1 aromatic carbocycles. The van der Waals surface area contributed by atoms with Gasteiger partial charge in [0.2, 0.25) is 0 Å². The summed E-state index contributed by atoms with van der Waals surface area (Å²) < 4.78 is 27.7. The van der Waals surface area contributed by atoms with Crippen molar-refractivity contribution in [3.8, 4) is 0 Å². The van der Waals surface area contributed by atoms with Crippen molar-refractivity contribution in [3.63, 3.8) is 0 Å². The third-order valence-corrected chi connectivity index (χ3v) is 4.30. The van der Waals surface area contributed by atoms with Crippen LogP contribution in [0.1, 0.15) is 0 Å². The Balaban J connectivity index is 2.50. The van der Waals surface area contributed by atoms with Gasteiger partial charge in [-0.05, 0) is 48.1 Å². The van der Waals surface area contributed by atoms with Crippen molar-refractivity contribution in [2.24, 2.45) is 4.40 Å². The van der Waals surface area contributed by atoms with Gasteiger partial charge in [-0.1, -0.05) is 23.2 Å². The highest BCUT2D eigenvalue weighted by molar-refractivity contribution is 7.90. The summed E-state index contributed by atoms with van der Waals surface area (Å²) in [4.78, 5) is -0.105. The van der Waals surface area contributed by atoms with Crippen molar-refractivity contribution in [1.29, 1.82) is 0 Å². The summed E-state index contributed by atoms with van der Waals surface area (Å²) >= 11 is 11.3. The molecule has 0 atom stereocenters. The molecule has 0 aliphatic heterocycles. The van der Waals surface area contributed by atoms with Crippen LogP contribution in [0.25, 0.3) is 0 Å². The summed E-state index contributed by atoms with van der Waals surface area (Å²) in [5.41, 5.74) is -0.658. The maximum absolute atomic E-state index is 12.1. The lowest BCUT2D eigenvalue weighted by Crippen LogP contribution is -2.24. The largest absolute Gasteiger partial charge is 0.883 e. The van der Waals surface area contributed by atoms with Crippen molar-refractivity contribution in [3.05, 3.63) is 64.1 Å². The van der Waals surface area contributed by atoms with Gasteiger partial charge in [0.25, 0.3) is 10.0 Å². The van der Waals surface area contributed by atoms with Crippen LogP contribution in [0, 0.1) is 0 Å². The summed E-state index contributed by atoms with van der Waals surface area (Å²) in [5, 5.41) is 22.5. The van der Waals surface area contributed by atoms with Crippen LogP contribution < -0.4 is 10.2 Å². The van der Waals surface area contributed by atoms with Crippen LogP contribution in [-0.4, -0.2) is 14.1 Å². The molecule has 0 fully saturated rings. The van der Waals surface area contributed by atoms with E-state index in [2.05, 4.69) is 4.40 Å². The number of allylic oxidation sites excluding steroid dienone is 5. The molecule has 0 amide bonds. The Labute approximate surface area is 131 Å². The van der Waals surface area contributed by atoms with E-state index < -0.39 is 21.5 Å². The fourth-order valence-electron chi connectivity index (χ4n) is 1.54. The van der Waals surface area contributed by atoms with Crippen molar-refractivity contribution in [1.82, 2.24) is 0 Å². The molecule has 0 bridgehead atoms. The van der Waals surface area contributed by atoms with Gasteiger partial charge in [-0.3, -0.25) is 0 Å². The Morgan fingerprint density at radius 3 is 2.24 bits per heavy atom. The lowest BCUT2D eigenvalue weighted by atomic mass is 10.1. The summed E-state index contributed by atoms with van der Waals surface area (Å²) in [5.74, 6) is -1.57. The molecule has 1 aromatic rings. The van der Waals surface area contributed by atoms with E-state index in [1.165, 1.54) is 36.4 Å². The first kappa shape index (κ1) is 15.6. The minimum absolute atomic E-state index is 0.105. The van der Waals surface area contributed by atoms with Gasteiger partial charge in [-0.25, -0.2) is 0 Å². The number of hydrogen-bond acceptors (Lipinski definition) is 4. The van der Waals surface area contributed by atoms with Crippen molar-refractivity contribution >= 4 is 38.9 Å². The number of sulfonamides is 1. The monoisotopic (exact) mass is 343 g/mol. The van der Waals surface area contributed by atoms with E-state index in [1.54, 1.807) is 0 Å². The Morgan fingerprint density at radius 1 is 1.05 bits per heavy atom. The third kappa shape index (κ3) is 3.66. The maximum atomic E-state index is 12.1. The molecule has 0 N–H and O–H groups in total. The minimum Gasteiger partial charge on any atom is -0.883 e. The molecule has 0 saturated heterocycles. The van der Waals surface area contributed by atoms with Crippen LogP contribution in [-0.2, 0) is 10.0 Å². The summed E-state index contributed by atoms with van der Waals surface area (Å²) in [7, 11) is -4.07. The van der Waals surface area contributed by atoms with Crippen LogP contribution in [0.15, 0.2) is 68.3 Å². The molecule has 1 aliphatic carbocycles. The van der Waals surface area contributed by atoms with E-state index in [1.807, 2.05) is 0 Å². The molecule has 8 heteroatoms. The first-order valence-electron chi connectivity index (χ1n) is 5.54. The molecule has 5 nitrogen and oxygen atoms in total. The fraction of sp³-hybridized carbons (Fsp3) is 0. The SMILES string of the molecule is O=S(=O)(N=C1C=CC(Cl)=CC1=C([O-])[O-])c1ccc(Cl)cc1. The lowest BCUT2D eigenvalue weighted by molar-refractivity contribution is -0.513. The highest BCUT2D eigenvalue weighted by Crippen LogP contribution is 2.21. The van der Waals surface area contributed by atoms with Gasteiger partial charge in [-0.15, -0.1) is 0 Å². The molecule has 0 aromatic heterocycles. The molecule has 0 heterocycles. The summed E-state index contributed by atoms with van der Waals surface area (Å²) in [6.45, 7) is 0. The van der Waals surface area contributed by atoms with Crippen molar-refractivity contribution in [2.75, 3.05) is 0 Å². The van der Waals surface area contributed by atoms with Gasteiger partial charge >= 0.3 is 0 Å². The standard InChI is InChI=1S/C13H9Cl2NO4S/c14-8-1-4-10(5-2-8)21(19,20)16-12-6-3-9(15)7-11(12)13(17)18/h1-7,17-18H/p-2. The van der Waals surface area contributed by atoms with E-state index >= 15 is 0 Å². The second-order valence-corrected chi connectivity index (χ2v) is 6.45. The van der Waals surface area contributed by atoms with Crippen LogP contribution in [0.2, 0.25) is 5.02 Å². The Hall–Kier alpha value is -1.76. The minimum atomic E-state index is -4.07. The van der Waals surface area contributed by atoms with Gasteiger partial charge in [-0.2, -0.15) is 18.8 Å². The highest BCUT2D eigenvalue weighted by Gasteiger charge is 2.16. The molecule has 21 heavy (non-hydrogen) atoms. The van der Waals surface area contributed by atoms with Gasteiger partial charge in [0.1, 0.15) is 0 Å². The molecule has 0 spiro atoms. The number of halogens is 2. The van der Waals surface area contributed by atoms with E-state index in [-0.39, 0.29) is 15.6 Å². The number of hydrogen-bond donors (Lipinski definition) is 0. The van der Waals surface area contributed by atoms with Gasteiger partial charge in [0, 0.05) is 10.1 Å². The zero-order valence-electron chi connectivity index (χ0n) is 10.3. The lowest BCUT2D eigenvalue weighted by Gasteiger charge is -2.23. The first-order valence-corrected chi connectivity index (χ1v) is 7.74. The zero-order valence-corrected chi connectivity index (χ0v) is 12.6. The van der Waals surface area contributed by atoms with E-state index in [9.17, 15) is 18.6 Å². The number of nitrogens with zero attached hydrogens (tertiary/aromatic N) is 1. The topological polar surface area (TPSA) is 92.6 Å². The van der Waals surface area contributed by atoms with Crippen LogP contribution in [0.5, 0.6) is 0 Å².